The zero-order valence-electron chi connectivity index (χ0n) is 12.1. The molecular formula is C15H20N2O3. The molecule has 1 amide bonds. The molecular weight excluding hydrogens is 256 g/mol. The van der Waals surface area contributed by atoms with Crippen molar-refractivity contribution >= 4 is 17.6 Å². The van der Waals surface area contributed by atoms with Crippen molar-refractivity contribution in [3.05, 3.63) is 29.3 Å². The molecule has 0 aliphatic carbocycles. The number of amides is 1. The van der Waals surface area contributed by atoms with Crippen molar-refractivity contribution in [3.8, 4) is 0 Å². The van der Waals surface area contributed by atoms with E-state index in [2.05, 4.69) is 0 Å². The minimum absolute atomic E-state index is 0.0249. The fourth-order valence-corrected chi connectivity index (χ4v) is 2.31. The van der Waals surface area contributed by atoms with E-state index in [1.807, 2.05) is 26.8 Å². The summed E-state index contributed by atoms with van der Waals surface area (Å²) in [6, 6.07) is 5.36. The van der Waals surface area contributed by atoms with Gasteiger partial charge >= 0.3 is 6.09 Å². The van der Waals surface area contributed by atoms with E-state index in [1.54, 1.807) is 17.0 Å². The number of hydrogen-bond acceptors (Lipinski definition) is 4. The van der Waals surface area contributed by atoms with Crippen LogP contribution >= 0.6 is 0 Å². The molecule has 0 bridgehead atoms. The summed E-state index contributed by atoms with van der Waals surface area (Å²) in [6.07, 6.45) is 0.268. The van der Waals surface area contributed by atoms with E-state index in [1.165, 1.54) is 0 Å². The molecule has 1 aliphatic heterocycles. The van der Waals surface area contributed by atoms with Gasteiger partial charge in [-0.05, 0) is 38.8 Å². The van der Waals surface area contributed by atoms with Gasteiger partial charge in [0.1, 0.15) is 5.60 Å². The Morgan fingerprint density at radius 1 is 1.35 bits per heavy atom. The predicted octanol–water partition coefficient (Wildman–Crippen LogP) is 2.13. The average molecular weight is 276 g/mol. The van der Waals surface area contributed by atoms with E-state index in [9.17, 15) is 9.59 Å². The van der Waals surface area contributed by atoms with E-state index in [0.29, 0.717) is 18.5 Å². The second-order valence-electron chi connectivity index (χ2n) is 5.81. The summed E-state index contributed by atoms with van der Waals surface area (Å²) in [5.41, 5.74) is 7.12. The number of hydrogen-bond donors (Lipinski definition) is 1. The number of ether oxygens (including phenoxy) is 1. The topological polar surface area (TPSA) is 72.6 Å². The Bertz CT molecular complexity index is 547. The molecule has 0 aromatic heterocycles. The molecule has 0 spiro atoms. The molecule has 5 heteroatoms. The van der Waals surface area contributed by atoms with Gasteiger partial charge in [0.15, 0.2) is 5.78 Å². The molecule has 0 fully saturated rings. The Morgan fingerprint density at radius 3 is 2.65 bits per heavy atom. The Labute approximate surface area is 118 Å². The van der Waals surface area contributed by atoms with Gasteiger partial charge in [-0.15, -0.1) is 0 Å². The number of ketones is 1. The number of Topliss-reactive ketones (excluding diaryl/α,β-unsaturated/α-hetero) is 1. The third-order valence-electron chi connectivity index (χ3n) is 3.13. The van der Waals surface area contributed by atoms with E-state index >= 15 is 0 Å². The van der Waals surface area contributed by atoms with Gasteiger partial charge in [-0.2, -0.15) is 0 Å². The molecule has 0 saturated heterocycles. The second-order valence-corrected chi connectivity index (χ2v) is 5.81. The number of anilines is 1. The summed E-state index contributed by atoms with van der Waals surface area (Å²) in [5, 5.41) is 0. The van der Waals surface area contributed by atoms with Crippen LogP contribution in [0.4, 0.5) is 10.5 Å². The third-order valence-corrected chi connectivity index (χ3v) is 3.13. The standard InChI is InChI=1S/C15H20N2O3/c1-15(2,3)20-14(19)17-8-7-10-11(13(18)9-16)5-4-6-12(10)17/h4-6H,7-9,16H2,1-3H3. The van der Waals surface area contributed by atoms with Crippen molar-refractivity contribution in [1.29, 1.82) is 0 Å². The first-order valence-electron chi connectivity index (χ1n) is 6.69. The van der Waals surface area contributed by atoms with Crippen LogP contribution in [0.15, 0.2) is 18.2 Å². The van der Waals surface area contributed by atoms with Gasteiger partial charge in [0.2, 0.25) is 0 Å². The predicted molar refractivity (Wildman–Crippen MR) is 77.1 cm³/mol. The lowest BCUT2D eigenvalue weighted by Gasteiger charge is -2.24. The largest absolute Gasteiger partial charge is 0.443 e. The molecule has 1 aromatic rings. The minimum Gasteiger partial charge on any atom is -0.443 e. The van der Waals surface area contributed by atoms with Crippen molar-refractivity contribution < 1.29 is 14.3 Å². The molecule has 2 N–H and O–H groups in total. The summed E-state index contributed by atoms with van der Waals surface area (Å²) in [6.45, 7) is 5.99. The summed E-state index contributed by atoms with van der Waals surface area (Å²) < 4.78 is 5.38. The highest BCUT2D eigenvalue weighted by molar-refractivity contribution is 6.02. The Kier molecular flexibility index (Phi) is 3.81. The van der Waals surface area contributed by atoms with Crippen LogP contribution in [0.3, 0.4) is 0 Å². The van der Waals surface area contributed by atoms with E-state index < -0.39 is 5.60 Å². The molecule has 108 valence electrons. The fourth-order valence-electron chi connectivity index (χ4n) is 2.31. The number of rotatable bonds is 2. The first-order valence-corrected chi connectivity index (χ1v) is 6.69. The summed E-state index contributed by atoms with van der Waals surface area (Å²) in [4.78, 5) is 25.6. The Hall–Kier alpha value is -1.88. The third kappa shape index (κ3) is 2.82. The number of nitrogens with two attached hydrogens (primary N) is 1. The molecule has 20 heavy (non-hydrogen) atoms. The lowest BCUT2D eigenvalue weighted by Crippen LogP contribution is -2.35. The van der Waals surface area contributed by atoms with Crippen LogP contribution in [0, 0.1) is 0 Å². The van der Waals surface area contributed by atoms with Gasteiger partial charge in [0, 0.05) is 12.1 Å². The van der Waals surface area contributed by atoms with Gasteiger partial charge in [0.25, 0.3) is 0 Å². The molecule has 1 aliphatic rings. The van der Waals surface area contributed by atoms with Gasteiger partial charge in [-0.1, -0.05) is 12.1 Å². The van der Waals surface area contributed by atoms with Crippen molar-refractivity contribution in [2.75, 3.05) is 18.0 Å². The fraction of sp³-hybridized carbons (Fsp3) is 0.467. The smallest absolute Gasteiger partial charge is 0.414 e. The summed E-state index contributed by atoms with van der Waals surface area (Å²) >= 11 is 0. The normalized spacial score (nSPS) is 14.1. The van der Waals surface area contributed by atoms with Crippen LogP contribution < -0.4 is 10.6 Å². The Balaban J connectivity index is 2.30. The van der Waals surface area contributed by atoms with Crippen molar-refractivity contribution in [1.82, 2.24) is 0 Å². The number of nitrogens with zero attached hydrogens (tertiary/aromatic N) is 1. The molecule has 0 atom stereocenters. The monoisotopic (exact) mass is 276 g/mol. The maximum Gasteiger partial charge on any atom is 0.414 e. The molecule has 1 heterocycles. The maximum absolute atomic E-state index is 12.2. The van der Waals surface area contributed by atoms with Crippen molar-refractivity contribution in [2.45, 2.75) is 32.8 Å². The lowest BCUT2D eigenvalue weighted by atomic mass is 10.0. The number of fused-ring (bicyclic) bond motifs is 1. The first kappa shape index (κ1) is 14.5. The van der Waals surface area contributed by atoms with Crippen LogP contribution in [0.25, 0.3) is 0 Å². The number of carbonyl (C=O) groups is 2. The van der Waals surface area contributed by atoms with E-state index in [4.69, 9.17) is 10.5 Å². The maximum atomic E-state index is 12.2. The first-order chi connectivity index (χ1) is 9.33. The lowest BCUT2D eigenvalue weighted by molar-refractivity contribution is 0.0584. The number of carbonyl (C=O) groups excluding carboxylic acids is 2. The molecule has 5 nitrogen and oxygen atoms in total. The SMILES string of the molecule is CC(C)(C)OC(=O)N1CCc2c(C(=O)CN)cccc21. The van der Waals surface area contributed by atoms with Crippen LogP contribution in [-0.4, -0.2) is 30.6 Å². The quantitative estimate of drug-likeness (QED) is 0.840. The van der Waals surface area contributed by atoms with Gasteiger partial charge in [-0.3, -0.25) is 9.69 Å². The van der Waals surface area contributed by atoms with Crippen molar-refractivity contribution in [2.24, 2.45) is 5.73 Å². The van der Waals surface area contributed by atoms with Crippen LogP contribution in [0.5, 0.6) is 0 Å². The van der Waals surface area contributed by atoms with Gasteiger partial charge in [0.05, 0.1) is 12.2 Å². The Morgan fingerprint density at radius 2 is 2.05 bits per heavy atom. The molecule has 0 unspecified atom stereocenters. The van der Waals surface area contributed by atoms with Crippen LogP contribution in [0.1, 0.15) is 36.7 Å². The number of benzene rings is 1. The second kappa shape index (κ2) is 5.25. The van der Waals surface area contributed by atoms with Crippen LogP contribution in [-0.2, 0) is 11.2 Å². The summed E-state index contributed by atoms with van der Waals surface area (Å²) in [5.74, 6) is -0.104. The highest BCUT2D eigenvalue weighted by atomic mass is 16.6. The molecule has 0 saturated carbocycles. The average Bonchev–Trinajstić information content (AvgIpc) is 2.79. The minimum atomic E-state index is -0.537. The zero-order valence-corrected chi connectivity index (χ0v) is 12.1. The van der Waals surface area contributed by atoms with Gasteiger partial charge < -0.3 is 10.5 Å². The molecule has 0 radical (unpaired) electrons. The van der Waals surface area contributed by atoms with E-state index in [0.717, 1.165) is 11.3 Å². The highest BCUT2D eigenvalue weighted by Crippen LogP contribution is 2.32. The van der Waals surface area contributed by atoms with E-state index in [-0.39, 0.29) is 18.4 Å². The highest BCUT2D eigenvalue weighted by Gasteiger charge is 2.30. The van der Waals surface area contributed by atoms with Gasteiger partial charge in [-0.25, -0.2) is 4.79 Å². The summed E-state index contributed by atoms with van der Waals surface area (Å²) in [7, 11) is 0. The zero-order chi connectivity index (χ0) is 14.9. The van der Waals surface area contributed by atoms with Crippen LogP contribution in [0.2, 0.25) is 0 Å². The molecule has 1 aromatic carbocycles. The molecule has 2 rings (SSSR count). The van der Waals surface area contributed by atoms with Crippen molar-refractivity contribution in [3.63, 3.8) is 0 Å².